The molecule has 26 heavy (non-hydrogen) atoms. The first-order chi connectivity index (χ1) is 12.8. The Bertz CT molecular complexity index is 855. The molecule has 0 atom stereocenters. The van der Waals surface area contributed by atoms with Crippen LogP contribution in [0.5, 0.6) is 5.75 Å². The maximum absolute atomic E-state index is 12.2. The van der Waals surface area contributed by atoms with E-state index < -0.39 is 0 Å². The van der Waals surface area contributed by atoms with Gasteiger partial charge in [0.15, 0.2) is 5.17 Å². The van der Waals surface area contributed by atoms with E-state index in [-0.39, 0.29) is 5.91 Å². The third kappa shape index (κ3) is 3.99. The van der Waals surface area contributed by atoms with Crippen LogP contribution < -0.4 is 4.74 Å². The second-order valence-electron chi connectivity index (χ2n) is 6.35. The highest BCUT2D eigenvalue weighted by molar-refractivity contribution is 8.18. The minimum atomic E-state index is -0.146. The first-order valence-electron chi connectivity index (χ1n) is 8.82. The van der Waals surface area contributed by atoms with Crippen LogP contribution in [0.15, 0.2) is 64.5 Å². The molecule has 0 spiro atoms. The van der Waals surface area contributed by atoms with Crippen molar-refractivity contribution in [2.75, 3.05) is 13.1 Å². The summed E-state index contributed by atoms with van der Waals surface area (Å²) in [7, 11) is 0. The molecule has 1 fully saturated rings. The molecule has 0 N–H and O–H groups in total. The third-order valence-electron chi connectivity index (χ3n) is 4.39. The number of hydrogen-bond donors (Lipinski definition) is 0. The smallest absolute Gasteiger partial charge is 0.286 e. The van der Waals surface area contributed by atoms with Crippen LogP contribution in [0.4, 0.5) is 0 Å². The number of carbonyl (C=O) groups excluding carboxylic acids is 1. The second kappa shape index (κ2) is 7.79. The predicted molar refractivity (Wildman–Crippen MR) is 106 cm³/mol. The number of hydrogen-bond acceptors (Lipinski definition) is 4. The summed E-state index contributed by atoms with van der Waals surface area (Å²) in [6.07, 6.45) is 4.25. The number of aliphatic imine (C=N–C) groups is 1. The summed E-state index contributed by atoms with van der Waals surface area (Å²) in [5.74, 6) is 0.645. The van der Waals surface area contributed by atoms with Crippen LogP contribution in [0.1, 0.15) is 24.0 Å². The maximum atomic E-state index is 12.2. The fraction of sp³-hybridized carbons (Fsp3) is 0.238. The van der Waals surface area contributed by atoms with Gasteiger partial charge in [0.2, 0.25) is 0 Å². The van der Waals surface area contributed by atoms with Gasteiger partial charge in [0.05, 0.1) is 4.91 Å². The zero-order valence-corrected chi connectivity index (χ0v) is 15.2. The Hall–Kier alpha value is -2.53. The van der Waals surface area contributed by atoms with Crippen molar-refractivity contribution >= 4 is 28.9 Å². The van der Waals surface area contributed by atoms with E-state index in [0.29, 0.717) is 11.5 Å². The molecule has 0 bridgehead atoms. The quantitative estimate of drug-likeness (QED) is 0.757. The van der Waals surface area contributed by atoms with Gasteiger partial charge in [-0.3, -0.25) is 4.79 Å². The van der Waals surface area contributed by atoms with Crippen molar-refractivity contribution in [1.29, 1.82) is 0 Å². The van der Waals surface area contributed by atoms with E-state index in [1.165, 1.54) is 24.6 Å². The Morgan fingerprint density at radius 2 is 1.88 bits per heavy atom. The van der Waals surface area contributed by atoms with E-state index in [0.717, 1.165) is 35.1 Å². The van der Waals surface area contributed by atoms with Gasteiger partial charge < -0.3 is 9.64 Å². The Kier molecular flexibility index (Phi) is 5.07. The standard InChI is InChI=1S/C21H20N2O2S/c24-20-19(26-21(22-20)23-11-4-5-12-23)14-17-9-6-10-18(13-17)25-15-16-7-2-1-3-8-16/h1-3,6-10,13-14H,4-5,11-12,15H2/b19-14-. The van der Waals surface area contributed by atoms with Crippen molar-refractivity contribution in [3.05, 3.63) is 70.6 Å². The van der Waals surface area contributed by atoms with E-state index in [1.807, 2.05) is 60.7 Å². The molecule has 0 aromatic heterocycles. The molecule has 0 radical (unpaired) electrons. The average molecular weight is 364 g/mol. The van der Waals surface area contributed by atoms with Gasteiger partial charge >= 0.3 is 0 Å². The molecule has 2 aliphatic rings. The van der Waals surface area contributed by atoms with Crippen LogP contribution in [-0.2, 0) is 11.4 Å². The van der Waals surface area contributed by atoms with Crippen molar-refractivity contribution in [3.8, 4) is 5.75 Å². The number of carbonyl (C=O) groups is 1. The largest absolute Gasteiger partial charge is 0.489 e. The zero-order valence-electron chi connectivity index (χ0n) is 14.4. The third-order valence-corrected chi connectivity index (χ3v) is 5.43. The lowest BCUT2D eigenvalue weighted by molar-refractivity contribution is -0.113. The molecule has 1 saturated heterocycles. The topological polar surface area (TPSA) is 41.9 Å². The van der Waals surface area contributed by atoms with Crippen molar-refractivity contribution in [2.24, 2.45) is 4.99 Å². The van der Waals surface area contributed by atoms with Crippen molar-refractivity contribution in [3.63, 3.8) is 0 Å². The number of likely N-dealkylation sites (tertiary alicyclic amines) is 1. The van der Waals surface area contributed by atoms with Crippen molar-refractivity contribution in [2.45, 2.75) is 19.4 Å². The molecule has 0 unspecified atom stereocenters. The van der Waals surface area contributed by atoms with Gasteiger partial charge in [-0.1, -0.05) is 42.5 Å². The summed E-state index contributed by atoms with van der Waals surface area (Å²) < 4.78 is 5.87. The van der Waals surface area contributed by atoms with Gasteiger partial charge in [-0.15, -0.1) is 0 Å². The lowest BCUT2D eigenvalue weighted by Crippen LogP contribution is -2.23. The monoisotopic (exact) mass is 364 g/mol. The molecule has 5 heteroatoms. The Labute approximate surface area is 157 Å². The van der Waals surface area contributed by atoms with Crippen molar-refractivity contribution < 1.29 is 9.53 Å². The van der Waals surface area contributed by atoms with E-state index in [1.54, 1.807) is 0 Å². The van der Waals surface area contributed by atoms with Gasteiger partial charge in [0, 0.05) is 13.1 Å². The van der Waals surface area contributed by atoms with E-state index in [2.05, 4.69) is 9.89 Å². The molecular weight excluding hydrogens is 344 g/mol. The van der Waals surface area contributed by atoms with Gasteiger partial charge in [-0.05, 0) is 53.9 Å². The van der Waals surface area contributed by atoms with Crippen LogP contribution in [0.2, 0.25) is 0 Å². The fourth-order valence-corrected chi connectivity index (χ4v) is 3.99. The number of amidine groups is 1. The molecule has 2 aromatic rings. The van der Waals surface area contributed by atoms with Crippen LogP contribution in [0, 0.1) is 0 Å². The van der Waals surface area contributed by atoms with Gasteiger partial charge in [0.1, 0.15) is 12.4 Å². The van der Waals surface area contributed by atoms with Gasteiger partial charge in [-0.25, -0.2) is 0 Å². The van der Waals surface area contributed by atoms with Crippen LogP contribution in [0.25, 0.3) is 6.08 Å². The molecule has 1 amide bonds. The summed E-state index contributed by atoms with van der Waals surface area (Å²) in [6.45, 7) is 2.52. The minimum Gasteiger partial charge on any atom is -0.489 e. The maximum Gasteiger partial charge on any atom is 0.286 e. The fourth-order valence-electron chi connectivity index (χ4n) is 3.03. The highest BCUT2D eigenvalue weighted by Gasteiger charge is 2.27. The molecule has 4 nitrogen and oxygen atoms in total. The highest BCUT2D eigenvalue weighted by Crippen LogP contribution is 2.32. The Morgan fingerprint density at radius 1 is 1.08 bits per heavy atom. The summed E-state index contributed by atoms with van der Waals surface area (Å²) >= 11 is 1.47. The molecule has 132 valence electrons. The SMILES string of the molecule is O=C1N=C(N2CCCC2)S/C1=C\c1cccc(OCc2ccccc2)c1. The predicted octanol–water partition coefficient (Wildman–Crippen LogP) is 4.33. The van der Waals surface area contributed by atoms with E-state index in [4.69, 9.17) is 4.74 Å². The number of amides is 1. The lowest BCUT2D eigenvalue weighted by atomic mass is 10.2. The molecule has 0 saturated carbocycles. The molecule has 2 heterocycles. The molecule has 2 aromatic carbocycles. The highest BCUT2D eigenvalue weighted by atomic mass is 32.2. The van der Waals surface area contributed by atoms with Crippen LogP contribution in [-0.4, -0.2) is 29.1 Å². The zero-order chi connectivity index (χ0) is 17.8. The number of benzene rings is 2. The normalized spacial score (nSPS) is 18.5. The summed E-state index contributed by atoms with van der Waals surface area (Å²) in [6, 6.07) is 17.9. The van der Waals surface area contributed by atoms with Gasteiger partial charge in [-0.2, -0.15) is 4.99 Å². The minimum absolute atomic E-state index is 0.146. The first kappa shape index (κ1) is 16.9. The summed E-state index contributed by atoms with van der Waals surface area (Å²) in [5, 5.41) is 0.843. The molecule has 0 aliphatic carbocycles. The lowest BCUT2D eigenvalue weighted by Gasteiger charge is -2.14. The van der Waals surface area contributed by atoms with Crippen LogP contribution >= 0.6 is 11.8 Å². The van der Waals surface area contributed by atoms with Crippen LogP contribution in [0.3, 0.4) is 0 Å². The first-order valence-corrected chi connectivity index (χ1v) is 9.64. The van der Waals surface area contributed by atoms with Gasteiger partial charge in [0.25, 0.3) is 5.91 Å². The molecule has 2 aliphatic heterocycles. The number of nitrogens with zero attached hydrogens (tertiary/aromatic N) is 2. The Morgan fingerprint density at radius 3 is 2.69 bits per heavy atom. The van der Waals surface area contributed by atoms with Crippen molar-refractivity contribution in [1.82, 2.24) is 4.90 Å². The number of rotatable bonds is 4. The average Bonchev–Trinajstić information content (AvgIpc) is 3.32. The molecule has 4 rings (SSSR count). The van der Waals surface area contributed by atoms with E-state index >= 15 is 0 Å². The van der Waals surface area contributed by atoms with E-state index in [9.17, 15) is 4.79 Å². The Balaban J connectivity index is 1.43. The number of thioether (sulfide) groups is 1. The summed E-state index contributed by atoms with van der Waals surface area (Å²) in [5.41, 5.74) is 2.07. The summed E-state index contributed by atoms with van der Waals surface area (Å²) in [4.78, 5) is 19.3. The molecular formula is C21H20N2O2S. The number of ether oxygens (including phenoxy) is 1. The second-order valence-corrected chi connectivity index (χ2v) is 7.36.